The Hall–Kier alpha value is -1.15. The van der Waals surface area contributed by atoms with Gasteiger partial charge in [0.05, 0.1) is 12.7 Å². The lowest BCUT2D eigenvalue weighted by Gasteiger charge is -2.33. The van der Waals surface area contributed by atoms with E-state index in [0.29, 0.717) is 0 Å². The summed E-state index contributed by atoms with van der Waals surface area (Å²) in [7, 11) is 1.51. The number of carbonyl (C=O) groups excluding carboxylic acids is 1. The molecule has 7 nitrogen and oxygen atoms in total. The molecular formula is C11H18N2O5. The van der Waals surface area contributed by atoms with Crippen LogP contribution in [-0.4, -0.2) is 59.5 Å². The van der Waals surface area contributed by atoms with Crippen LogP contribution in [0.25, 0.3) is 0 Å². The molecule has 0 spiro atoms. The second kappa shape index (κ2) is 5.23. The molecule has 1 saturated heterocycles. The monoisotopic (exact) mass is 258 g/mol. The average Bonchev–Trinajstić information content (AvgIpc) is 2.72. The van der Waals surface area contributed by atoms with Gasteiger partial charge in [0.1, 0.15) is 12.3 Å². The molecule has 2 aliphatic rings. The predicted octanol–water partition coefficient (Wildman–Crippen LogP) is -0.644. The minimum Gasteiger partial charge on any atom is -0.394 e. The van der Waals surface area contributed by atoms with Gasteiger partial charge in [-0.15, -0.1) is 0 Å². The number of aliphatic hydroxyl groups is 2. The number of aliphatic hydroxyl groups excluding tert-OH is 2. The molecule has 18 heavy (non-hydrogen) atoms. The largest absolute Gasteiger partial charge is 0.394 e. The molecule has 1 fully saturated rings. The van der Waals surface area contributed by atoms with Gasteiger partial charge in [0.25, 0.3) is 0 Å². The van der Waals surface area contributed by atoms with Gasteiger partial charge in [0, 0.05) is 19.7 Å². The lowest BCUT2D eigenvalue weighted by Crippen LogP contribution is -2.51. The van der Waals surface area contributed by atoms with Gasteiger partial charge in [-0.25, -0.2) is 4.79 Å². The van der Waals surface area contributed by atoms with E-state index < -0.39 is 24.7 Å². The Morgan fingerprint density at radius 1 is 1.67 bits per heavy atom. The van der Waals surface area contributed by atoms with E-state index in [9.17, 15) is 9.90 Å². The van der Waals surface area contributed by atoms with Crippen LogP contribution >= 0.6 is 0 Å². The van der Waals surface area contributed by atoms with E-state index in [-0.39, 0.29) is 19.1 Å². The summed E-state index contributed by atoms with van der Waals surface area (Å²) in [6.07, 6.45) is -0.485. The molecule has 2 amide bonds. The van der Waals surface area contributed by atoms with Crippen molar-refractivity contribution < 1.29 is 24.5 Å². The van der Waals surface area contributed by atoms with E-state index in [4.69, 9.17) is 14.6 Å². The molecule has 0 radical (unpaired) electrons. The summed E-state index contributed by atoms with van der Waals surface area (Å²) in [5, 5.41) is 21.3. The second-order valence-corrected chi connectivity index (χ2v) is 4.46. The summed E-state index contributed by atoms with van der Waals surface area (Å²) in [6, 6.07) is -0.344. The van der Waals surface area contributed by atoms with Gasteiger partial charge in [0.2, 0.25) is 0 Å². The van der Waals surface area contributed by atoms with E-state index in [1.165, 1.54) is 12.0 Å². The lowest BCUT2D eigenvalue weighted by atomic mass is 10.1. The zero-order valence-corrected chi connectivity index (χ0v) is 10.4. The summed E-state index contributed by atoms with van der Waals surface area (Å²) in [5.41, 5.74) is 0.836. The Bertz CT molecular complexity index is 359. The third-order valence-corrected chi connectivity index (χ3v) is 3.18. The standard InChI is InChI=1S/C11H18N2O5/c1-6-4-13(11(16)12-10(6)17-2)9-3-7(15)8(5-14)18-9/h4,7-10,14-15H,3,5H2,1-2H3,(H,12,16)/t7-,8+,9+,10?/m0/s1. The molecule has 3 N–H and O–H groups in total. The third kappa shape index (κ3) is 2.35. The Labute approximate surface area is 105 Å². The van der Waals surface area contributed by atoms with Gasteiger partial charge >= 0.3 is 6.03 Å². The SMILES string of the molecule is COC1NC(=O)N([C@H]2C[C@H](O)[C@@H](CO)O2)C=C1C. The number of hydrogen-bond donors (Lipinski definition) is 3. The summed E-state index contributed by atoms with van der Waals surface area (Å²) in [5.74, 6) is 0. The molecule has 1 unspecified atom stereocenters. The van der Waals surface area contributed by atoms with Crippen molar-refractivity contribution in [2.24, 2.45) is 0 Å². The van der Waals surface area contributed by atoms with Crippen molar-refractivity contribution >= 4 is 6.03 Å². The first-order chi connectivity index (χ1) is 8.56. The molecular weight excluding hydrogens is 240 g/mol. The molecule has 0 saturated carbocycles. The fourth-order valence-electron chi connectivity index (χ4n) is 2.16. The van der Waals surface area contributed by atoms with E-state index in [1.807, 2.05) is 6.92 Å². The van der Waals surface area contributed by atoms with Crippen molar-refractivity contribution in [3.8, 4) is 0 Å². The minimum absolute atomic E-state index is 0.267. The minimum atomic E-state index is -0.762. The Balaban J connectivity index is 2.10. The maximum atomic E-state index is 11.9. The van der Waals surface area contributed by atoms with E-state index in [0.717, 1.165) is 5.57 Å². The van der Waals surface area contributed by atoms with Gasteiger partial charge in [-0.1, -0.05) is 0 Å². The predicted molar refractivity (Wildman–Crippen MR) is 61.3 cm³/mol. The fraction of sp³-hybridized carbons (Fsp3) is 0.727. The molecule has 7 heteroatoms. The smallest absolute Gasteiger partial charge is 0.325 e. The molecule has 4 atom stereocenters. The van der Waals surface area contributed by atoms with Crippen molar-refractivity contribution in [1.29, 1.82) is 0 Å². The molecule has 2 aliphatic heterocycles. The first kappa shape index (κ1) is 13.3. The maximum Gasteiger partial charge on any atom is 0.325 e. The summed E-state index contributed by atoms with van der Waals surface area (Å²) in [4.78, 5) is 13.2. The highest BCUT2D eigenvalue weighted by molar-refractivity contribution is 5.77. The van der Waals surface area contributed by atoms with Crippen LogP contribution in [0.4, 0.5) is 4.79 Å². The molecule has 2 heterocycles. The zero-order chi connectivity index (χ0) is 13.3. The van der Waals surface area contributed by atoms with E-state index in [2.05, 4.69) is 5.32 Å². The molecule has 0 aliphatic carbocycles. The first-order valence-corrected chi connectivity index (χ1v) is 5.81. The fourth-order valence-corrected chi connectivity index (χ4v) is 2.16. The Kier molecular flexibility index (Phi) is 3.86. The number of nitrogens with zero attached hydrogens (tertiary/aromatic N) is 1. The van der Waals surface area contributed by atoms with Crippen LogP contribution in [0.2, 0.25) is 0 Å². The van der Waals surface area contributed by atoms with Gasteiger partial charge in [-0.3, -0.25) is 4.90 Å². The van der Waals surface area contributed by atoms with E-state index >= 15 is 0 Å². The molecule has 0 aromatic heterocycles. The van der Waals surface area contributed by atoms with E-state index in [1.54, 1.807) is 6.20 Å². The second-order valence-electron chi connectivity index (χ2n) is 4.46. The topological polar surface area (TPSA) is 91.3 Å². The highest BCUT2D eigenvalue weighted by atomic mass is 16.5. The highest BCUT2D eigenvalue weighted by Crippen LogP contribution is 2.26. The summed E-state index contributed by atoms with van der Waals surface area (Å²) in [6.45, 7) is 1.56. The number of nitrogens with one attached hydrogen (secondary N) is 1. The maximum absolute atomic E-state index is 11.9. The molecule has 0 bridgehead atoms. The highest BCUT2D eigenvalue weighted by Gasteiger charge is 2.39. The quantitative estimate of drug-likeness (QED) is 0.626. The van der Waals surface area contributed by atoms with Crippen LogP contribution in [0.3, 0.4) is 0 Å². The number of carbonyl (C=O) groups is 1. The van der Waals surface area contributed by atoms with Crippen LogP contribution in [0, 0.1) is 0 Å². The van der Waals surface area contributed by atoms with Crippen LogP contribution in [0.5, 0.6) is 0 Å². The van der Waals surface area contributed by atoms with Gasteiger partial charge in [0.15, 0.2) is 6.23 Å². The van der Waals surface area contributed by atoms with Crippen LogP contribution in [0.1, 0.15) is 13.3 Å². The number of hydrogen-bond acceptors (Lipinski definition) is 5. The number of ether oxygens (including phenoxy) is 2. The number of methoxy groups -OCH3 is 1. The molecule has 2 rings (SSSR count). The van der Waals surface area contributed by atoms with Crippen molar-refractivity contribution in [2.45, 2.75) is 38.0 Å². The zero-order valence-electron chi connectivity index (χ0n) is 10.4. The lowest BCUT2D eigenvalue weighted by molar-refractivity contribution is -0.0567. The number of amides is 2. The van der Waals surface area contributed by atoms with Gasteiger partial charge in [-0.2, -0.15) is 0 Å². The Morgan fingerprint density at radius 3 is 2.94 bits per heavy atom. The summed E-state index contributed by atoms with van der Waals surface area (Å²) >= 11 is 0. The van der Waals surface area contributed by atoms with Crippen molar-refractivity contribution in [3.05, 3.63) is 11.8 Å². The van der Waals surface area contributed by atoms with Crippen molar-refractivity contribution in [1.82, 2.24) is 10.2 Å². The molecule has 102 valence electrons. The first-order valence-electron chi connectivity index (χ1n) is 5.81. The van der Waals surface area contributed by atoms with Gasteiger partial charge < -0.3 is 25.0 Å². The number of rotatable bonds is 3. The average molecular weight is 258 g/mol. The summed E-state index contributed by atoms with van der Waals surface area (Å²) < 4.78 is 10.5. The van der Waals surface area contributed by atoms with Gasteiger partial charge in [-0.05, 0) is 12.5 Å². The van der Waals surface area contributed by atoms with Crippen molar-refractivity contribution in [2.75, 3.05) is 13.7 Å². The van der Waals surface area contributed by atoms with Crippen LogP contribution in [-0.2, 0) is 9.47 Å². The van der Waals surface area contributed by atoms with Crippen LogP contribution < -0.4 is 5.32 Å². The Morgan fingerprint density at radius 2 is 2.39 bits per heavy atom. The van der Waals surface area contributed by atoms with Crippen molar-refractivity contribution in [3.63, 3.8) is 0 Å². The molecule has 0 aromatic rings. The number of urea groups is 1. The normalized spacial score (nSPS) is 36.6. The third-order valence-electron chi connectivity index (χ3n) is 3.18. The molecule has 0 aromatic carbocycles. The van der Waals surface area contributed by atoms with Crippen LogP contribution in [0.15, 0.2) is 11.8 Å².